The molecular weight excluding hydrogens is 478 g/mol. The average molecular weight is 497 g/mol. The van der Waals surface area contributed by atoms with Crippen molar-refractivity contribution in [3.05, 3.63) is 82.6 Å². The summed E-state index contributed by atoms with van der Waals surface area (Å²) in [6.45, 7) is 1.64. The van der Waals surface area contributed by atoms with Crippen molar-refractivity contribution in [1.29, 1.82) is 0 Å². The van der Waals surface area contributed by atoms with Gasteiger partial charge in [-0.25, -0.2) is 12.8 Å². The third-order valence-corrected chi connectivity index (χ3v) is 6.77. The highest BCUT2D eigenvalue weighted by atomic mass is 35.5. The van der Waals surface area contributed by atoms with Gasteiger partial charge in [0.1, 0.15) is 18.1 Å². The SMILES string of the molecule is CCOc1ccc(S(=O)(=O)N(CC(=O)Nc2c(Cl)cccc2Cl)c2ccc(F)cc2)cc1. The molecule has 0 aliphatic heterocycles. The molecule has 0 atom stereocenters. The summed E-state index contributed by atoms with van der Waals surface area (Å²) < 4.78 is 46.4. The summed E-state index contributed by atoms with van der Waals surface area (Å²) in [5.41, 5.74) is 0.277. The molecule has 0 aliphatic rings. The number of nitrogens with one attached hydrogen (secondary N) is 1. The molecule has 0 saturated carbocycles. The first-order valence-corrected chi connectivity index (χ1v) is 11.7. The highest BCUT2D eigenvalue weighted by Crippen LogP contribution is 2.30. The van der Waals surface area contributed by atoms with Crippen LogP contribution in [-0.4, -0.2) is 27.5 Å². The van der Waals surface area contributed by atoms with Crippen LogP contribution in [0.4, 0.5) is 15.8 Å². The maximum absolute atomic E-state index is 13.4. The Balaban J connectivity index is 1.95. The molecule has 1 N–H and O–H groups in total. The zero-order valence-electron chi connectivity index (χ0n) is 16.9. The average Bonchev–Trinajstić information content (AvgIpc) is 2.76. The summed E-state index contributed by atoms with van der Waals surface area (Å²) in [4.78, 5) is 12.7. The van der Waals surface area contributed by atoms with E-state index in [0.29, 0.717) is 12.4 Å². The van der Waals surface area contributed by atoms with Crippen molar-refractivity contribution < 1.29 is 22.3 Å². The van der Waals surface area contributed by atoms with Crippen LogP contribution < -0.4 is 14.4 Å². The van der Waals surface area contributed by atoms with Crippen LogP contribution in [-0.2, 0) is 14.8 Å². The molecule has 3 aromatic rings. The quantitative estimate of drug-likeness (QED) is 0.455. The number of carbonyl (C=O) groups is 1. The minimum absolute atomic E-state index is 0.0612. The number of nitrogens with zero attached hydrogens (tertiary/aromatic N) is 1. The van der Waals surface area contributed by atoms with Crippen molar-refractivity contribution >= 4 is 50.5 Å². The second-order valence-electron chi connectivity index (χ2n) is 6.54. The van der Waals surface area contributed by atoms with Crippen LogP contribution in [0.15, 0.2) is 71.6 Å². The van der Waals surface area contributed by atoms with Crippen molar-refractivity contribution in [2.75, 3.05) is 22.8 Å². The Kier molecular flexibility index (Phi) is 7.60. The molecule has 168 valence electrons. The molecule has 1 amide bonds. The lowest BCUT2D eigenvalue weighted by Gasteiger charge is -2.24. The number of amides is 1. The molecular formula is C22H19Cl2FN2O4S. The van der Waals surface area contributed by atoms with Gasteiger partial charge in [0.2, 0.25) is 5.91 Å². The number of halogens is 3. The first-order chi connectivity index (χ1) is 15.2. The van der Waals surface area contributed by atoms with Crippen molar-refractivity contribution in [2.45, 2.75) is 11.8 Å². The van der Waals surface area contributed by atoms with E-state index in [9.17, 15) is 17.6 Å². The van der Waals surface area contributed by atoms with E-state index in [4.69, 9.17) is 27.9 Å². The number of para-hydroxylation sites is 1. The number of rotatable bonds is 8. The van der Waals surface area contributed by atoms with Gasteiger partial charge >= 0.3 is 0 Å². The number of anilines is 2. The minimum Gasteiger partial charge on any atom is -0.494 e. The third-order valence-electron chi connectivity index (χ3n) is 4.35. The summed E-state index contributed by atoms with van der Waals surface area (Å²) in [5.74, 6) is -0.718. The smallest absolute Gasteiger partial charge is 0.264 e. The summed E-state index contributed by atoms with van der Waals surface area (Å²) in [6, 6.07) is 15.2. The monoisotopic (exact) mass is 496 g/mol. The molecule has 32 heavy (non-hydrogen) atoms. The molecule has 10 heteroatoms. The molecule has 0 saturated heterocycles. The van der Waals surface area contributed by atoms with Gasteiger partial charge in [-0.15, -0.1) is 0 Å². The van der Waals surface area contributed by atoms with Crippen LogP contribution in [0, 0.1) is 5.82 Å². The zero-order valence-corrected chi connectivity index (χ0v) is 19.2. The summed E-state index contributed by atoms with van der Waals surface area (Å²) in [6.07, 6.45) is 0. The second kappa shape index (κ2) is 10.2. The maximum Gasteiger partial charge on any atom is 0.264 e. The van der Waals surface area contributed by atoms with E-state index >= 15 is 0 Å². The van der Waals surface area contributed by atoms with Gasteiger partial charge in [-0.3, -0.25) is 9.10 Å². The van der Waals surface area contributed by atoms with E-state index in [-0.39, 0.29) is 26.3 Å². The van der Waals surface area contributed by atoms with E-state index in [1.807, 2.05) is 6.92 Å². The first kappa shape index (κ1) is 23.8. The van der Waals surface area contributed by atoms with Gasteiger partial charge in [-0.2, -0.15) is 0 Å². The fourth-order valence-electron chi connectivity index (χ4n) is 2.85. The standard InChI is InChI=1S/C22H19Cl2FN2O4S/c1-2-31-17-10-12-18(13-11-17)32(29,30)27(16-8-6-15(25)7-9-16)14-21(28)26-22-19(23)4-3-5-20(22)24/h3-13H,2,14H2,1H3,(H,26,28). The van der Waals surface area contributed by atoms with E-state index < -0.39 is 28.3 Å². The molecule has 0 heterocycles. The lowest BCUT2D eigenvalue weighted by atomic mass is 10.3. The van der Waals surface area contributed by atoms with Crippen LogP contribution in [0.2, 0.25) is 10.0 Å². The second-order valence-corrected chi connectivity index (χ2v) is 9.21. The van der Waals surface area contributed by atoms with Crippen molar-refractivity contribution in [3.8, 4) is 5.75 Å². The Labute approximate surface area is 195 Å². The number of hydrogen-bond acceptors (Lipinski definition) is 4. The predicted molar refractivity (Wildman–Crippen MR) is 124 cm³/mol. The highest BCUT2D eigenvalue weighted by Gasteiger charge is 2.28. The molecule has 0 aliphatic carbocycles. The molecule has 0 radical (unpaired) electrons. The fourth-order valence-corrected chi connectivity index (χ4v) is 4.76. The van der Waals surface area contributed by atoms with E-state index in [1.54, 1.807) is 6.07 Å². The summed E-state index contributed by atoms with van der Waals surface area (Å²) >= 11 is 12.2. The van der Waals surface area contributed by atoms with Crippen molar-refractivity contribution in [2.24, 2.45) is 0 Å². The Morgan fingerprint density at radius 2 is 1.59 bits per heavy atom. The van der Waals surface area contributed by atoms with Gasteiger partial charge in [0.25, 0.3) is 10.0 Å². The van der Waals surface area contributed by atoms with E-state index in [0.717, 1.165) is 16.4 Å². The Morgan fingerprint density at radius 3 is 2.16 bits per heavy atom. The first-order valence-electron chi connectivity index (χ1n) is 9.47. The van der Waals surface area contributed by atoms with Gasteiger partial charge in [0.15, 0.2) is 0 Å². The van der Waals surface area contributed by atoms with Gasteiger partial charge in [-0.05, 0) is 67.6 Å². The Hall–Kier alpha value is -2.81. The van der Waals surface area contributed by atoms with Crippen LogP contribution >= 0.6 is 23.2 Å². The maximum atomic E-state index is 13.4. The highest BCUT2D eigenvalue weighted by molar-refractivity contribution is 7.92. The number of carbonyl (C=O) groups excluding carboxylic acids is 1. The van der Waals surface area contributed by atoms with Crippen LogP contribution in [0.3, 0.4) is 0 Å². The molecule has 6 nitrogen and oxygen atoms in total. The largest absolute Gasteiger partial charge is 0.494 e. The van der Waals surface area contributed by atoms with Crippen molar-refractivity contribution in [3.63, 3.8) is 0 Å². The lowest BCUT2D eigenvalue weighted by Crippen LogP contribution is -2.38. The Morgan fingerprint density at radius 1 is 1.00 bits per heavy atom. The molecule has 0 unspecified atom stereocenters. The summed E-state index contributed by atoms with van der Waals surface area (Å²) in [5, 5.41) is 2.94. The number of ether oxygens (including phenoxy) is 1. The molecule has 0 fully saturated rings. The zero-order chi connectivity index (χ0) is 23.3. The third kappa shape index (κ3) is 5.51. The van der Waals surface area contributed by atoms with Gasteiger partial charge < -0.3 is 10.1 Å². The van der Waals surface area contributed by atoms with Gasteiger partial charge in [0, 0.05) is 0 Å². The summed E-state index contributed by atoms with van der Waals surface area (Å²) in [7, 11) is -4.18. The molecule has 3 aromatic carbocycles. The predicted octanol–water partition coefficient (Wildman–Crippen LogP) is 5.37. The molecule has 3 rings (SSSR count). The fraction of sp³-hybridized carbons (Fsp3) is 0.136. The van der Waals surface area contributed by atoms with Crippen molar-refractivity contribution in [1.82, 2.24) is 0 Å². The van der Waals surface area contributed by atoms with Gasteiger partial charge in [-0.1, -0.05) is 29.3 Å². The number of sulfonamides is 1. The molecule has 0 bridgehead atoms. The molecule has 0 spiro atoms. The number of benzene rings is 3. The van der Waals surface area contributed by atoms with Crippen LogP contribution in [0.25, 0.3) is 0 Å². The molecule has 0 aromatic heterocycles. The van der Waals surface area contributed by atoms with E-state index in [2.05, 4.69) is 5.32 Å². The van der Waals surface area contributed by atoms with E-state index in [1.165, 1.54) is 48.5 Å². The van der Waals surface area contributed by atoms with Crippen LogP contribution in [0.1, 0.15) is 6.92 Å². The topological polar surface area (TPSA) is 75.7 Å². The van der Waals surface area contributed by atoms with Crippen LogP contribution in [0.5, 0.6) is 5.75 Å². The normalized spacial score (nSPS) is 11.1. The minimum atomic E-state index is -4.18. The lowest BCUT2D eigenvalue weighted by molar-refractivity contribution is -0.114. The number of hydrogen-bond donors (Lipinski definition) is 1. The van der Waals surface area contributed by atoms with Gasteiger partial charge in [0.05, 0.1) is 32.9 Å². The Bertz CT molecular complexity index is 1180.